The van der Waals surface area contributed by atoms with Crippen LogP contribution < -0.4 is 4.74 Å². The van der Waals surface area contributed by atoms with E-state index in [2.05, 4.69) is 9.72 Å². The van der Waals surface area contributed by atoms with Crippen LogP contribution in [0.3, 0.4) is 0 Å². The summed E-state index contributed by atoms with van der Waals surface area (Å²) >= 11 is 0. The zero-order valence-electron chi connectivity index (χ0n) is 8.01. The molecule has 15 heavy (non-hydrogen) atoms. The first kappa shape index (κ1) is 11.3. The van der Waals surface area contributed by atoms with Gasteiger partial charge in [0.25, 0.3) is 0 Å². The van der Waals surface area contributed by atoms with Gasteiger partial charge in [-0.2, -0.15) is 5.26 Å². The molecule has 0 bridgehead atoms. The number of nitrogens with zero attached hydrogens (tertiary/aromatic N) is 2. The fourth-order valence-electron chi connectivity index (χ4n) is 1.06. The van der Waals surface area contributed by atoms with Crippen molar-refractivity contribution in [3.8, 4) is 11.8 Å². The van der Waals surface area contributed by atoms with Crippen LogP contribution in [0.15, 0.2) is 6.20 Å². The molecule has 0 aromatic carbocycles. The molecular formula is C9H7F3N2O. The quantitative estimate of drug-likeness (QED) is 0.724. The van der Waals surface area contributed by atoms with Gasteiger partial charge < -0.3 is 4.74 Å². The third-order valence-corrected chi connectivity index (χ3v) is 1.73. The minimum atomic E-state index is -4.81. The maximum absolute atomic E-state index is 12.0. The third-order valence-electron chi connectivity index (χ3n) is 1.73. The Labute approximate surface area is 84.1 Å². The van der Waals surface area contributed by atoms with Gasteiger partial charge in [-0.15, -0.1) is 13.2 Å². The van der Waals surface area contributed by atoms with Gasteiger partial charge in [-0.25, -0.2) is 0 Å². The van der Waals surface area contributed by atoms with Gasteiger partial charge in [-0.3, -0.25) is 4.98 Å². The van der Waals surface area contributed by atoms with Crippen molar-refractivity contribution in [2.45, 2.75) is 20.2 Å². The molecule has 1 rings (SSSR count). The van der Waals surface area contributed by atoms with Crippen LogP contribution in [0.4, 0.5) is 13.2 Å². The van der Waals surface area contributed by atoms with E-state index in [1.54, 1.807) is 6.07 Å². The van der Waals surface area contributed by atoms with E-state index in [1.165, 1.54) is 20.0 Å². The second-order valence-electron chi connectivity index (χ2n) is 2.89. The first-order chi connectivity index (χ1) is 6.85. The molecule has 1 aromatic heterocycles. The van der Waals surface area contributed by atoms with E-state index in [9.17, 15) is 13.2 Å². The van der Waals surface area contributed by atoms with E-state index < -0.39 is 12.1 Å². The fraction of sp³-hybridized carbons (Fsp3) is 0.333. The lowest BCUT2D eigenvalue weighted by molar-refractivity contribution is -0.275. The molecule has 0 atom stereocenters. The summed E-state index contributed by atoms with van der Waals surface area (Å²) in [5.74, 6) is -0.523. The Hall–Kier alpha value is -1.77. The number of hydrogen-bond donors (Lipinski definition) is 0. The molecule has 0 aliphatic rings. The molecule has 0 amide bonds. The molecule has 80 valence electrons. The van der Waals surface area contributed by atoms with Crippen molar-refractivity contribution in [2.24, 2.45) is 0 Å². The molecule has 0 aliphatic heterocycles. The monoisotopic (exact) mass is 216 g/mol. The van der Waals surface area contributed by atoms with Gasteiger partial charge in [-0.1, -0.05) is 0 Å². The first-order valence-corrected chi connectivity index (χ1v) is 3.97. The van der Waals surface area contributed by atoms with Gasteiger partial charge in [0.1, 0.15) is 11.6 Å². The summed E-state index contributed by atoms with van der Waals surface area (Å²) in [7, 11) is 0. The molecule has 0 aliphatic carbocycles. The normalized spacial score (nSPS) is 10.9. The predicted molar refractivity (Wildman–Crippen MR) is 45.1 cm³/mol. The minimum Gasteiger partial charge on any atom is -0.402 e. The summed E-state index contributed by atoms with van der Waals surface area (Å²) < 4.78 is 39.8. The number of ether oxygens (including phenoxy) is 1. The standard InChI is InChI=1S/C9H7F3N2O/c1-5-4-14-6(2)8(7(5)3-13)15-9(10,11)12/h4H,1-2H3. The molecular weight excluding hydrogens is 209 g/mol. The fourth-order valence-corrected chi connectivity index (χ4v) is 1.06. The second-order valence-corrected chi connectivity index (χ2v) is 2.89. The molecule has 6 heteroatoms. The molecule has 0 N–H and O–H groups in total. The van der Waals surface area contributed by atoms with E-state index in [-0.39, 0.29) is 11.3 Å². The number of pyridine rings is 1. The Bertz CT molecular complexity index is 421. The summed E-state index contributed by atoms with van der Waals surface area (Å²) in [6.07, 6.45) is -3.48. The Morgan fingerprint density at radius 3 is 2.47 bits per heavy atom. The van der Waals surface area contributed by atoms with Gasteiger partial charge in [-0.05, 0) is 19.4 Å². The molecule has 0 saturated heterocycles. The molecule has 0 unspecified atom stereocenters. The van der Waals surface area contributed by atoms with Crippen LogP contribution in [0, 0.1) is 25.2 Å². The molecule has 0 radical (unpaired) electrons. The smallest absolute Gasteiger partial charge is 0.402 e. The highest BCUT2D eigenvalue weighted by Crippen LogP contribution is 2.29. The van der Waals surface area contributed by atoms with Crippen molar-refractivity contribution in [3.05, 3.63) is 23.0 Å². The topological polar surface area (TPSA) is 45.9 Å². The number of hydrogen-bond acceptors (Lipinski definition) is 3. The van der Waals surface area contributed by atoms with Gasteiger partial charge in [0.2, 0.25) is 0 Å². The summed E-state index contributed by atoms with van der Waals surface area (Å²) in [6, 6.07) is 1.66. The van der Waals surface area contributed by atoms with Gasteiger partial charge in [0.15, 0.2) is 5.75 Å². The van der Waals surface area contributed by atoms with E-state index in [0.29, 0.717) is 5.56 Å². The number of aromatic nitrogens is 1. The van der Waals surface area contributed by atoms with Crippen molar-refractivity contribution in [1.82, 2.24) is 4.98 Å². The Kier molecular flexibility index (Phi) is 2.84. The molecule has 1 aromatic rings. The van der Waals surface area contributed by atoms with Gasteiger partial charge >= 0.3 is 6.36 Å². The van der Waals surface area contributed by atoms with Gasteiger partial charge in [0, 0.05) is 6.20 Å². The lowest BCUT2D eigenvalue weighted by atomic mass is 10.1. The molecule has 3 nitrogen and oxygen atoms in total. The summed E-state index contributed by atoms with van der Waals surface area (Å²) in [6.45, 7) is 2.84. The predicted octanol–water partition coefficient (Wildman–Crippen LogP) is 2.47. The molecule has 0 fully saturated rings. The lowest BCUT2D eigenvalue weighted by Gasteiger charge is -2.12. The Morgan fingerprint density at radius 2 is 2.00 bits per heavy atom. The van der Waals surface area contributed by atoms with Gasteiger partial charge in [0.05, 0.1) is 5.69 Å². The zero-order valence-corrected chi connectivity index (χ0v) is 8.01. The summed E-state index contributed by atoms with van der Waals surface area (Å²) in [4.78, 5) is 3.70. The van der Waals surface area contributed by atoms with E-state index >= 15 is 0 Å². The number of aryl methyl sites for hydroxylation is 2. The van der Waals surface area contributed by atoms with Crippen LogP contribution in [0.1, 0.15) is 16.8 Å². The molecule has 1 heterocycles. The highest BCUT2D eigenvalue weighted by Gasteiger charge is 2.33. The highest BCUT2D eigenvalue weighted by atomic mass is 19.4. The summed E-state index contributed by atoms with van der Waals surface area (Å²) in [5, 5.41) is 8.70. The average molecular weight is 216 g/mol. The SMILES string of the molecule is Cc1cnc(C)c(OC(F)(F)F)c1C#N. The number of nitriles is 1. The van der Waals surface area contributed by atoms with E-state index in [1.807, 2.05) is 0 Å². The van der Waals surface area contributed by atoms with Crippen molar-refractivity contribution < 1.29 is 17.9 Å². The van der Waals surface area contributed by atoms with Crippen LogP contribution in [0.25, 0.3) is 0 Å². The van der Waals surface area contributed by atoms with Crippen LogP contribution in [0.2, 0.25) is 0 Å². The number of rotatable bonds is 1. The van der Waals surface area contributed by atoms with Crippen molar-refractivity contribution in [2.75, 3.05) is 0 Å². The van der Waals surface area contributed by atoms with E-state index in [0.717, 1.165) is 0 Å². The van der Waals surface area contributed by atoms with Crippen LogP contribution in [0.5, 0.6) is 5.75 Å². The highest BCUT2D eigenvalue weighted by molar-refractivity contribution is 5.49. The molecule has 0 spiro atoms. The first-order valence-electron chi connectivity index (χ1n) is 3.97. The maximum Gasteiger partial charge on any atom is 0.573 e. The third kappa shape index (κ3) is 2.59. The Morgan fingerprint density at radius 1 is 1.40 bits per heavy atom. The van der Waals surface area contributed by atoms with Crippen LogP contribution in [-0.2, 0) is 0 Å². The van der Waals surface area contributed by atoms with E-state index in [4.69, 9.17) is 5.26 Å². The lowest BCUT2D eigenvalue weighted by Crippen LogP contribution is -2.19. The second kappa shape index (κ2) is 3.77. The van der Waals surface area contributed by atoms with Crippen molar-refractivity contribution in [1.29, 1.82) is 5.26 Å². The van der Waals surface area contributed by atoms with Crippen LogP contribution >= 0.6 is 0 Å². The van der Waals surface area contributed by atoms with Crippen molar-refractivity contribution >= 4 is 0 Å². The van der Waals surface area contributed by atoms with Crippen LogP contribution in [-0.4, -0.2) is 11.3 Å². The average Bonchev–Trinajstić information content (AvgIpc) is 2.10. The summed E-state index contributed by atoms with van der Waals surface area (Å²) in [5.41, 5.74) is 0.247. The van der Waals surface area contributed by atoms with Crippen molar-refractivity contribution in [3.63, 3.8) is 0 Å². The molecule has 0 saturated carbocycles. The Balaban J connectivity index is 3.28. The number of alkyl halides is 3. The largest absolute Gasteiger partial charge is 0.573 e. The maximum atomic E-state index is 12.0. The number of halogens is 3. The zero-order chi connectivity index (χ0) is 11.6. The minimum absolute atomic E-state index is 0.0366.